The molecule has 0 aliphatic carbocycles. The van der Waals surface area contributed by atoms with Crippen LogP contribution in [0.1, 0.15) is 15.9 Å². The number of carbonyl (C=O) groups is 1. The second kappa shape index (κ2) is 5.24. The lowest BCUT2D eigenvalue weighted by molar-refractivity contribution is 0.0600. The second-order valence-corrected chi connectivity index (χ2v) is 4.19. The number of ether oxygens (including phenoxy) is 1. The smallest absolute Gasteiger partial charge is 0.338 e. The van der Waals surface area contributed by atoms with Crippen LogP contribution in [0.3, 0.4) is 0 Å². The summed E-state index contributed by atoms with van der Waals surface area (Å²) in [5, 5.41) is -0.120. The van der Waals surface area contributed by atoms with E-state index < -0.39 is 11.5 Å². The van der Waals surface area contributed by atoms with Crippen LogP contribution in [-0.4, -0.2) is 22.6 Å². The first kappa shape index (κ1) is 13.3. The lowest BCUT2D eigenvalue weighted by atomic mass is 10.1. The van der Waals surface area contributed by atoms with Crippen LogP contribution in [-0.2, 0) is 4.74 Å². The van der Waals surface area contributed by atoms with Crippen molar-refractivity contribution in [3.63, 3.8) is 0 Å². The lowest BCUT2D eigenvalue weighted by Gasteiger charge is -2.11. The largest absolute Gasteiger partial charge is 0.465 e. The average Bonchev–Trinajstić information content (AvgIpc) is 2.42. The fourth-order valence-electron chi connectivity index (χ4n) is 1.79. The summed E-state index contributed by atoms with van der Waals surface area (Å²) in [5.74, 6) is -0.451. The quantitative estimate of drug-likeness (QED) is 0.788. The molecule has 0 radical (unpaired) electrons. The lowest BCUT2D eigenvalue weighted by Crippen LogP contribution is -2.20. The number of nitrogens with zero attached hydrogens (tertiary/aromatic N) is 2. The monoisotopic (exact) mass is 278 g/mol. The second-order valence-electron chi connectivity index (χ2n) is 3.83. The minimum atomic E-state index is -0.451. The molecule has 0 fully saturated rings. The normalized spacial score (nSPS) is 10.3. The first-order valence-corrected chi connectivity index (χ1v) is 5.85. The summed E-state index contributed by atoms with van der Waals surface area (Å²) < 4.78 is 6.04. The highest BCUT2D eigenvalue weighted by Gasteiger charge is 2.14. The molecule has 0 amide bonds. The highest BCUT2D eigenvalue weighted by Crippen LogP contribution is 2.17. The average molecular weight is 279 g/mol. The van der Waals surface area contributed by atoms with Gasteiger partial charge in [0.25, 0.3) is 5.56 Å². The molecule has 0 aliphatic rings. The molecule has 0 saturated carbocycles. The van der Waals surface area contributed by atoms with Gasteiger partial charge in [-0.15, -0.1) is 0 Å². The molecule has 1 aromatic heterocycles. The summed E-state index contributed by atoms with van der Waals surface area (Å²) in [6, 6.07) is 5.04. The molecule has 19 heavy (non-hydrogen) atoms. The minimum absolute atomic E-state index is 0.120. The van der Waals surface area contributed by atoms with Crippen molar-refractivity contribution in [2.75, 3.05) is 7.11 Å². The molecule has 1 heterocycles. The number of carbonyl (C=O) groups excluding carboxylic acids is 1. The highest BCUT2D eigenvalue weighted by atomic mass is 35.5. The summed E-state index contributed by atoms with van der Waals surface area (Å²) in [7, 11) is 1.31. The molecule has 98 valence electrons. The predicted molar refractivity (Wildman–Crippen MR) is 70.9 cm³/mol. The van der Waals surface area contributed by atoms with Crippen LogP contribution in [0.4, 0.5) is 0 Å². The maximum atomic E-state index is 11.9. The Labute approximate surface area is 114 Å². The van der Waals surface area contributed by atoms with Crippen LogP contribution in [0.2, 0.25) is 5.15 Å². The Morgan fingerprint density at radius 2 is 2.16 bits per heavy atom. The number of esters is 1. The van der Waals surface area contributed by atoms with E-state index in [-0.39, 0.29) is 5.15 Å². The Bertz CT molecular complexity index is 695. The first-order valence-electron chi connectivity index (χ1n) is 5.47. The fourth-order valence-corrected chi connectivity index (χ4v) is 1.94. The van der Waals surface area contributed by atoms with Crippen LogP contribution in [0.25, 0.3) is 5.69 Å². The number of rotatable bonds is 2. The van der Waals surface area contributed by atoms with E-state index in [1.54, 1.807) is 25.1 Å². The van der Waals surface area contributed by atoms with Crippen LogP contribution >= 0.6 is 11.6 Å². The van der Waals surface area contributed by atoms with E-state index in [0.717, 1.165) is 0 Å². The van der Waals surface area contributed by atoms with Crippen LogP contribution in [0.5, 0.6) is 0 Å². The highest BCUT2D eigenvalue weighted by molar-refractivity contribution is 6.29. The standard InChI is InChI=1S/C13H11ClN2O3/c1-8-9(13(18)19-2)4-3-5-10(8)16-7-6-15-11(14)12(16)17/h3-7H,1-2H3. The van der Waals surface area contributed by atoms with Gasteiger partial charge in [-0.2, -0.15) is 0 Å². The molecule has 0 aliphatic heterocycles. The Kier molecular flexibility index (Phi) is 3.66. The van der Waals surface area contributed by atoms with E-state index >= 15 is 0 Å². The van der Waals surface area contributed by atoms with Crippen LogP contribution < -0.4 is 5.56 Å². The van der Waals surface area contributed by atoms with Crippen molar-refractivity contribution < 1.29 is 9.53 Å². The van der Waals surface area contributed by atoms with Crippen molar-refractivity contribution >= 4 is 17.6 Å². The van der Waals surface area contributed by atoms with E-state index in [9.17, 15) is 9.59 Å². The number of hydrogen-bond donors (Lipinski definition) is 0. The molecule has 0 atom stereocenters. The minimum Gasteiger partial charge on any atom is -0.465 e. The zero-order chi connectivity index (χ0) is 14.0. The molecule has 0 bridgehead atoms. The molecule has 6 heteroatoms. The molecule has 0 saturated heterocycles. The van der Waals surface area contributed by atoms with E-state index in [2.05, 4.69) is 4.98 Å². The number of halogens is 1. The Morgan fingerprint density at radius 1 is 1.42 bits per heavy atom. The van der Waals surface area contributed by atoms with Gasteiger partial charge in [-0.3, -0.25) is 9.36 Å². The number of methoxy groups -OCH3 is 1. The number of aromatic nitrogens is 2. The molecule has 5 nitrogen and oxygen atoms in total. The van der Waals surface area contributed by atoms with Gasteiger partial charge in [0, 0.05) is 12.4 Å². The predicted octanol–water partition coefficient (Wildman–Crippen LogP) is 1.98. The zero-order valence-electron chi connectivity index (χ0n) is 10.4. The van der Waals surface area contributed by atoms with Crippen molar-refractivity contribution in [1.82, 2.24) is 9.55 Å². The third kappa shape index (κ3) is 2.37. The van der Waals surface area contributed by atoms with E-state index in [4.69, 9.17) is 16.3 Å². The summed E-state index contributed by atoms with van der Waals surface area (Å²) in [6.07, 6.45) is 2.92. The third-order valence-electron chi connectivity index (χ3n) is 2.77. The number of benzene rings is 1. The summed E-state index contributed by atoms with van der Waals surface area (Å²) in [6.45, 7) is 1.74. The van der Waals surface area contributed by atoms with Gasteiger partial charge in [0.05, 0.1) is 18.4 Å². The summed E-state index contributed by atoms with van der Waals surface area (Å²) in [4.78, 5) is 27.3. The van der Waals surface area contributed by atoms with E-state index in [0.29, 0.717) is 16.8 Å². The van der Waals surface area contributed by atoms with Crippen molar-refractivity contribution in [2.45, 2.75) is 6.92 Å². The van der Waals surface area contributed by atoms with Crippen molar-refractivity contribution in [2.24, 2.45) is 0 Å². The van der Waals surface area contributed by atoms with Crippen molar-refractivity contribution in [1.29, 1.82) is 0 Å². The molecular weight excluding hydrogens is 268 g/mol. The van der Waals surface area contributed by atoms with Crippen molar-refractivity contribution in [3.05, 3.63) is 57.2 Å². The van der Waals surface area contributed by atoms with Gasteiger partial charge in [-0.05, 0) is 24.6 Å². The van der Waals surface area contributed by atoms with Gasteiger partial charge in [0.2, 0.25) is 0 Å². The maximum Gasteiger partial charge on any atom is 0.338 e. The van der Waals surface area contributed by atoms with E-state index in [1.165, 1.54) is 24.1 Å². The van der Waals surface area contributed by atoms with Gasteiger partial charge >= 0.3 is 5.97 Å². The Morgan fingerprint density at radius 3 is 2.84 bits per heavy atom. The summed E-state index contributed by atoms with van der Waals surface area (Å²) >= 11 is 5.71. The molecule has 1 aromatic carbocycles. The fraction of sp³-hybridized carbons (Fsp3) is 0.154. The number of hydrogen-bond acceptors (Lipinski definition) is 4. The maximum absolute atomic E-state index is 11.9. The Balaban J connectivity index is 2.67. The molecule has 2 rings (SSSR count). The third-order valence-corrected chi connectivity index (χ3v) is 3.03. The topological polar surface area (TPSA) is 61.2 Å². The van der Waals surface area contributed by atoms with Gasteiger partial charge < -0.3 is 4.74 Å². The molecule has 0 N–H and O–H groups in total. The SMILES string of the molecule is COC(=O)c1cccc(-n2ccnc(Cl)c2=O)c1C. The van der Waals surface area contributed by atoms with Crippen LogP contribution in [0, 0.1) is 6.92 Å². The molecular formula is C13H11ClN2O3. The molecule has 0 spiro atoms. The Hall–Kier alpha value is -2.14. The summed E-state index contributed by atoms with van der Waals surface area (Å²) in [5.41, 5.74) is 1.17. The van der Waals surface area contributed by atoms with E-state index in [1.807, 2.05) is 0 Å². The molecule has 2 aromatic rings. The zero-order valence-corrected chi connectivity index (χ0v) is 11.1. The van der Waals surface area contributed by atoms with Gasteiger partial charge in [0.15, 0.2) is 5.15 Å². The molecule has 0 unspecified atom stereocenters. The van der Waals surface area contributed by atoms with Gasteiger partial charge in [-0.25, -0.2) is 9.78 Å². The van der Waals surface area contributed by atoms with Crippen molar-refractivity contribution in [3.8, 4) is 5.69 Å². The van der Waals surface area contributed by atoms with Gasteiger partial charge in [0.1, 0.15) is 0 Å². The first-order chi connectivity index (χ1) is 9.06. The van der Waals surface area contributed by atoms with Gasteiger partial charge in [-0.1, -0.05) is 17.7 Å². The van der Waals surface area contributed by atoms with Crippen LogP contribution in [0.15, 0.2) is 35.4 Å².